The Morgan fingerprint density at radius 1 is 0.952 bits per heavy atom. The highest BCUT2D eigenvalue weighted by molar-refractivity contribution is 7.92. The van der Waals surface area contributed by atoms with E-state index in [0.717, 1.165) is 36.4 Å². The second-order valence-corrected chi connectivity index (χ2v) is 13.0. The van der Waals surface area contributed by atoms with Gasteiger partial charge in [-0.1, -0.05) is 66.7 Å². The number of anilines is 1. The fraction of sp³-hybridized carbons (Fsp3) is 0.355. The highest BCUT2D eigenvalue weighted by Crippen LogP contribution is 2.28. The number of hydrogen-bond acceptors (Lipinski definition) is 5. The molecule has 8 nitrogen and oxygen atoms in total. The number of nitrogens with zero attached hydrogens (tertiary/aromatic N) is 2. The zero-order valence-electron chi connectivity index (χ0n) is 23.6. The van der Waals surface area contributed by atoms with Crippen LogP contribution in [0.25, 0.3) is 0 Å². The molecule has 1 aliphatic carbocycles. The highest BCUT2D eigenvalue weighted by Gasteiger charge is 2.33. The Balaban J connectivity index is 1.68. The van der Waals surface area contributed by atoms with Gasteiger partial charge in [-0.3, -0.25) is 13.9 Å². The first-order valence-electron chi connectivity index (χ1n) is 13.9. The molecule has 1 aliphatic rings. The van der Waals surface area contributed by atoms with Crippen LogP contribution in [0.5, 0.6) is 5.75 Å². The van der Waals surface area contributed by atoms with Crippen molar-refractivity contribution in [2.75, 3.05) is 18.0 Å². The molecule has 0 radical (unpaired) electrons. The van der Waals surface area contributed by atoms with Gasteiger partial charge in [-0.25, -0.2) is 8.42 Å². The van der Waals surface area contributed by atoms with Gasteiger partial charge < -0.3 is 15.0 Å². The molecule has 1 fully saturated rings. The molecule has 0 aliphatic heterocycles. The summed E-state index contributed by atoms with van der Waals surface area (Å²) in [5.41, 5.74) is 0.929. The van der Waals surface area contributed by atoms with Crippen molar-refractivity contribution in [1.82, 2.24) is 10.2 Å². The number of ether oxygens (including phenoxy) is 1. The summed E-state index contributed by atoms with van der Waals surface area (Å²) < 4.78 is 34.0. The largest absolute Gasteiger partial charge is 0.497 e. The molecular formula is C31H35Cl2N3O5S. The molecule has 1 N–H and O–H groups in total. The first kappa shape index (κ1) is 31.7. The van der Waals surface area contributed by atoms with E-state index in [0.29, 0.717) is 21.4 Å². The van der Waals surface area contributed by atoms with Crippen LogP contribution in [0.3, 0.4) is 0 Å². The molecule has 0 saturated heterocycles. The van der Waals surface area contributed by atoms with Gasteiger partial charge in [-0.2, -0.15) is 0 Å². The van der Waals surface area contributed by atoms with Gasteiger partial charge in [0.1, 0.15) is 18.3 Å². The number of sulfonamides is 1. The number of rotatable bonds is 11. The molecule has 1 atom stereocenters. The molecule has 0 spiro atoms. The Labute approximate surface area is 257 Å². The monoisotopic (exact) mass is 631 g/mol. The minimum Gasteiger partial charge on any atom is -0.497 e. The predicted octanol–water partition coefficient (Wildman–Crippen LogP) is 6.06. The number of methoxy groups -OCH3 is 1. The molecule has 224 valence electrons. The van der Waals surface area contributed by atoms with Crippen molar-refractivity contribution in [2.45, 2.75) is 62.6 Å². The van der Waals surface area contributed by atoms with Crippen LogP contribution in [0.1, 0.15) is 44.6 Å². The molecule has 0 bridgehead atoms. The van der Waals surface area contributed by atoms with Gasteiger partial charge in [0.2, 0.25) is 11.8 Å². The smallest absolute Gasteiger partial charge is 0.264 e. The van der Waals surface area contributed by atoms with Gasteiger partial charge >= 0.3 is 0 Å². The van der Waals surface area contributed by atoms with Crippen LogP contribution < -0.4 is 14.4 Å². The second-order valence-electron chi connectivity index (χ2n) is 10.3. The lowest BCUT2D eigenvalue weighted by molar-refractivity contribution is -0.139. The van der Waals surface area contributed by atoms with Crippen molar-refractivity contribution < 1.29 is 22.7 Å². The SMILES string of the molecule is COc1ccc(N(CC(=O)N(Cc2ccc(Cl)c(Cl)c2)[C@H](C)C(=O)NC2CCCCC2)S(=O)(=O)c2ccccc2)cc1. The molecule has 3 aromatic carbocycles. The van der Waals surface area contributed by atoms with Gasteiger partial charge in [0.05, 0.1) is 27.7 Å². The van der Waals surface area contributed by atoms with Crippen LogP contribution in [0.4, 0.5) is 5.69 Å². The van der Waals surface area contributed by atoms with Crippen LogP contribution in [0.15, 0.2) is 77.7 Å². The van der Waals surface area contributed by atoms with E-state index in [-0.39, 0.29) is 29.1 Å². The molecule has 0 heterocycles. The lowest BCUT2D eigenvalue weighted by Gasteiger charge is -2.33. The Hall–Kier alpha value is -3.27. The number of amides is 2. The average molecular weight is 633 g/mol. The van der Waals surface area contributed by atoms with Gasteiger partial charge in [0.25, 0.3) is 10.0 Å². The van der Waals surface area contributed by atoms with E-state index < -0.39 is 28.5 Å². The zero-order chi connectivity index (χ0) is 30.3. The Bertz CT molecular complexity index is 1480. The standard InChI is InChI=1S/C31H35Cl2N3O5S/c1-22(31(38)34-24-9-5-3-6-10-24)35(20-23-13-18-28(32)29(33)19-23)30(37)21-36(25-14-16-26(41-2)17-15-25)42(39,40)27-11-7-4-8-12-27/h4,7-8,11-19,22,24H,3,5-6,9-10,20-21H2,1-2H3,(H,34,38)/t22-/m1/s1. The minimum atomic E-state index is -4.15. The van der Waals surface area contributed by atoms with Crippen LogP contribution >= 0.6 is 23.2 Å². The molecular weight excluding hydrogens is 597 g/mol. The Kier molecular flexibility index (Phi) is 10.8. The third-order valence-electron chi connectivity index (χ3n) is 7.43. The number of benzene rings is 3. The summed E-state index contributed by atoms with van der Waals surface area (Å²) in [6, 6.07) is 18.5. The molecule has 2 amide bonds. The van der Waals surface area contributed by atoms with Crippen LogP contribution in [0.2, 0.25) is 10.0 Å². The maximum Gasteiger partial charge on any atom is 0.264 e. The number of nitrogens with one attached hydrogen (secondary N) is 1. The van der Waals surface area contributed by atoms with E-state index in [4.69, 9.17) is 27.9 Å². The Morgan fingerprint density at radius 2 is 1.62 bits per heavy atom. The minimum absolute atomic E-state index is 0.0246. The number of hydrogen-bond donors (Lipinski definition) is 1. The van der Waals surface area contributed by atoms with Crippen molar-refractivity contribution in [3.8, 4) is 5.75 Å². The fourth-order valence-electron chi connectivity index (χ4n) is 4.98. The molecule has 42 heavy (non-hydrogen) atoms. The molecule has 0 aromatic heterocycles. The summed E-state index contributed by atoms with van der Waals surface area (Å²) in [4.78, 5) is 28.9. The lowest BCUT2D eigenvalue weighted by atomic mass is 9.95. The molecule has 4 rings (SSSR count). The normalized spacial score (nSPS) is 14.6. The summed E-state index contributed by atoms with van der Waals surface area (Å²) >= 11 is 12.4. The zero-order valence-corrected chi connectivity index (χ0v) is 26.0. The lowest BCUT2D eigenvalue weighted by Crippen LogP contribution is -2.53. The first-order valence-corrected chi connectivity index (χ1v) is 16.1. The first-order chi connectivity index (χ1) is 20.1. The molecule has 0 unspecified atom stereocenters. The van der Waals surface area contributed by atoms with Crippen molar-refractivity contribution in [3.63, 3.8) is 0 Å². The predicted molar refractivity (Wildman–Crippen MR) is 165 cm³/mol. The van der Waals surface area contributed by atoms with E-state index in [1.54, 1.807) is 67.6 Å². The van der Waals surface area contributed by atoms with E-state index >= 15 is 0 Å². The molecule has 3 aromatic rings. The van der Waals surface area contributed by atoms with E-state index in [2.05, 4.69) is 5.32 Å². The third-order valence-corrected chi connectivity index (χ3v) is 9.95. The fourth-order valence-corrected chi connectivity index (χ4v) is 6.74. The maximum atomic E-state index is 14.1. The van der Waals surface area contributed by atoms with Crippen LogP contribution in [0, 0.1) is 0 Å². The topological polar surface area (TPSA) is 96.0 Å². The summed E-state index contributed by atoms with van der Waals surface area (Å²) in [5.74, 6) is -0.309. The summed E-state index contributed by atoms with van der Waals surface area (Å²) in [7, 11) is -2.64. The van der Waals surface area contributed by atoms with Crippen molar-refractivity contribution in [1.29, 1.82) is 0 Å². The van der Waals surface area contributed by atoms with Crippen molar-refractivity contribution >= 4 is 50.7 Å². The van der Waals surface area contributed by atoms with Crippen molar-refractivity contribution in [3.05, 3.63) is 88.4 Å². The van der Waals surface area contributed by atoms with Gasteiger partial charge in [-0.15, -0.1) is 0 Å². The molecule has 1 saturated carbocycles. The van der Waals surface area contributed by atoms with E-state index in [1.807, 2.05) is 0 Å². The third kappa shape index (κ3) is 7.76. The van der Waals surface area contributed by atoms with Gasteiger partial charge in [-0.05, 0) is 73.9 Å². The average Bonchev–Trinajstić information content (AvgIpc) is 3.00. The number of carbonyl (C=O) groups is 2. The Morgan fingerprint density at radius 3 is 2.24 bits per heavy atom. The summed E-state index contributed by atoms with van der Waals surface area (Å²) in [6.45, 7) is 1.14. The van der Waals surface area contributed by atoms with Crippen LogP contribution in [-0.2, 0) is 26.2 Å². The maximum absolute atomic E-state index is 14.1. The van der Waals surface area contributed by atoms with E-state index in [9.17, 15) is 18.0 Å². The molecule has 11 heteroatoms. The van der Waals surface area contributed by atoms with Crippen molar-refractivity contribution in [2.24, 2.45) is 0 Å². The number of carbonyl (C=O) groups excluding carboxylic acids is 2. The van der Waals surface area contributed by atoms with E-state index in [1.165, 1.54) is 24.1 Å². The number of halogens is 2. The van der Waals surface area contributed by atoms with Crippen LogP contribution in [-0.4, -0.2) is 50.9 Å². The summed E-state index contributed by atoms with van der Waals surface area (Å²) in [6.07, 6.45) is 5.00. The quantitative estimate of drug-likeness (QED) is 0.277. The van der Waals surface area contributed by atoms with Gasteiger partial charge in [0, 0.05) is 12.6 Å². The second kappa shape index (κ2) is 14.3. The summed E-state index contributed by atoms with van der Waals surface area (Å²) in [5, 5.41) is 3.76. The van der Waals surface area contributed by atoms with Gasteiger partial charge in [0.15, 0.2) is 0 Å². The highest BCUT2D eigenvalue weighted by atomic mass is 35.5.